The highest BCUT2D eigenvalue weighted by Gasteiger charge is 2.15. The summed E-state index contributed by atoms with van der Waals surface area (Å²) in [6.45, 7) is 1.05. The monoisotopic (exact) mass is 174 g/mol. The van der Waals surface area contributed by atoms with Gasteiger partial charge in [0, 0.05) is 7.05 Å². The van der Waals surface area contributed by atoms with Crippen molar-refractivity contribution in [3.05, 3.63) is 0 Å². The topological polar surface area (TPSA) is 41.1 Å². The largest absolute Gasteiger partial charge is 0.359 e. The van der Waals surface area contributed by atoms with Gasteiger partial charge in [-0.2, -0.15) is 0 Å². The first-order valence-electron chi connectivity index (χ1n) is 3.88. The highest BCUT2D eigenvalue weighted by Crippen LogP contribution is 2.16. The Morgan fingerprint density at radius 2 is 2.64 bits per heavy atom. The Hall–Kier alpha value is -0.220. The third kappa shape index (κ3) is 3.12. The molecule has 1 atom stereocenters. The Morgan fingerprint density at radius 3 is 3.18 bits per heavy atom. The van der Waals surface area contributed by atoms with Gasteiger partial charge in [-0.1, -0.05) is 0 Å². The molecule has 0 aliphatic carbocycles. The van der Waals surface area contributed by atoms with E-state index in [1.165, 1.54) is 12.2 Å². The molecule has 2 N–H and O–H groups in total. The predicted molar refractivity (Wildman–Crippen MR) is 47.5 cm³/mol. The summed E-state index contributed by atoms with van der Waals surface area (Å²) in [5, 5.41) is 6.24. The molecule has 0 spiro atoms. The highest BCUT2D eigenvalue weighted by atomic mass is 32.2. The Kier molecular flexibility index (Phi) is 3.72. The number of carbonyl (C=O) groups is 1. The third-order valence-electron chi connectivity index (χ3n) is 1.66. The van der Waals surface area contributed by atoms with E-state index in [2.05, 4.69) is 10.6 Å². The zero-order chi connectivity index (χ0) is 8.10. The molecular weight excluding hydrogens is 160 g/mol. The summed E-state index contributed by atoms with van der Waals surface area (Å²) in [4.78, 5) is 10.9. The second-order valence-electron chi connectivity index (χ2n) is 2.54. The van der Waals surface area contributed by atoms with Gasteiger partial charge in [0.25, 0.3) is 0 Å². The number of hydrogen-bond acceptors (Lipinski definition) is 3. The number of rotatable bonds is 2. The molecule has 0 saturated carbocycles. The van der Waals surface area contributed by atoms with E-state index in [1.54, 1.807) is 7.05 Å². The lowest BCUT2D eigenvalue weighted by molar-refractivity contribution is -0.120. The van der Waals surface area contributed by atoms with Crippen LogP contribution < -0.4 is 10.6 Å². The van der Waals surface area contributed by atoms with E-state index in [1.807, 2.05) is 11.8 Å². The van der Waals surface area contributed by atoms with Crippen molar-refractivity contribution in [3.8, 4) is 0 Å². The van der Waals surface area contributed by atoms with Gasteiger partial charge < -0.3 is 10.6 Å². The van der Waals surface area contributed by atoms with Crippen molar-refractivity contribution >= 4 is 17.7 Å². The summed E-state index contributed by atoms with van der Waals surface area (Å²) in [6.07, 6.45) is 1.82. The summed E-state index contributed by atoms with van der Waals surface area (Å²) < 4.78 is 0. The molecule has 0 aromatic carbocycles. The number of carbonyl (C=O) groups excluding carboxylic acids is 1. The van der Waals surface area contributed by atoms with Gasteiger partial charge in [0.1, 0.15) is 0 Å². The Bertz CT molecular complexity index is 134. The molecule has 1 amide bonds. The average molecular weight is 174 g/mol. The van der Waals surface area contributed by atoms with E-state index in [4.69, 9.17) is 0 Å². The van der Waals surface area contributed by atoms with Crippen LogP contribution in [0.15, 0.2) is 0 Å². The standard InChI is InChI=1S/C7H14N2OS/c1-8-6(10)5-7-9-3-2-4-11-7/h7,9H,2-5H2,1H3,(H,8,10). The van der Waals surface area contributed by atoms with E-state index in [0.717, 1.165) is 6.54 Å². The molecule has 1 saturated heterocycles. The Labute approximate surface area is 71.3 Å². The fourth-order valence-corrected chi connectivity index (χ4v) is 2.12. The summed E-state index contributed by atoms with van der Waals surface area (Å²) in [7, 11) is 1.68. The van der Waals surface area contributed by atoms with Gasteiger partial charge in [-0.05, 0) is 18.7 Å². The van der Waals surface area contributed by atoms with Crippen LogP contribution in [0.3, 0.4) is 0 Å². The first-order chi connectivity index (χ1) is 5.33. The quantitative estimate of drug-likeness (QED) is 0.627. The molecule has 11 heavy (non-hydrogen) atoms. The van der Waals surface area contributed by atoms with Crippen LogP contribution in [-0.4, -0.2) is 30.6 Å². The maximum absolute atomic E-state index is 10.9. The fraction of sp³-hybridized carbons (Fsp3) is 0.857. The van der Waals surface area contributed by atoms with E-state index in [9.17, 15) is 4.79 Å². The van der Waals surface area contributed by atoms with E-state index in [0.29, 0.717) is 11.8 Å². The third-order valence-corrected chi connectivity index (χ3v) is 2.92. The molecule has 3 nitrogen and oxygen atoms in total. The molecule has 1 unspecified atom stereocenters. The van der Waals surface area contributed by atoms with Gasteiger partial charge in [0.05, 0.1) is 11.8 Å². The summed E-state index contributed by atoms with van der Waals surface area (Å²) in [6, 6.07) is 0. The first-order valence-corrected chi connectivity index (χ1v) is 4.93. The van der Waals surface area contributed by atoms with Gasteiger partial charge in [-0.25, -0.2) is 0 Å². The molecule has 0 aromatic rings. The lowest BCUT2D eigenvalue weighted by Gasteiger charge is -2.21. The van der Waals surface area contributed by atoms with E-state index in [-0.39, 0.29) is 5.91 Å². The number of amides is 1. The molecule has 1 fully saturated rings. The van der Waals surface area contributed by atoms with Gasteiger partial charge in [0.15, 0.2) is 0 Å². The molecule has 1 aliphatic rings. The van der Waals surface area contributed by atoms with Crippen molar-refractivity contribution in [2.75, 3.05) is 19.3 Å². The average Bonchev–Trinajstić information content (AvgIpc) is 2.06. The number of thioether (sulfide) groups is 1. The minimum Gasteiger partial charge on any atom is -0.359 e. The van der Waals surface area contributed by atoms with Crippen LogP contribution in [0.25, 0.3) is 0 Å². The van der Waals surface area contributed by atoms with Crippen LogP contribution in [0.1, 0.15) is 12.8 Å². The van der Waals surface area contributed by atoms with Crippen LogP contribution in [0.5, 0.6) is 0 Å². The maximum Gasteiger partial charge on any atom is 0.222 e. The zero-order valence-electron chi connectivity index (χ0n) is 6.72. The number of hydrogen-bond donors (Lipinski definition) is 2. The smallest absolute Gasteiger partial charge is 0.222 e. The van der Waals surface area contributed by atoms with Gasteiger partial charge >= 0.3 is 0 Å². The summed E-state index contributed by atoms with van der Waals surface area (Å²) in [5.41, 5.74) is 0. The molecule has 64 valence electrons. The fourth-order valence-electron chi connectivity index (χ4n) is 1.02. The predicted octanol–water partition coefficient (Wildman–Crippen LogP) is 0.175. The second-order valence-corrected chi connectivity index (χ2v) is 3.86. The van der Waals surface area contributed by atoms with Crippen LogP contribution >= 0.6 is 11.8 Å². The minimum absolute atomic E-state index is 0.122. The van der Waals surface area contributed by atoms with Crippen molar-refractivity contribution in [2.45, 2.75) is 18.2 Å². The van der Waals surface area contributed by atoms with E-state index >= 15 is 0 Å². The maximum atomic E-state index is 10.9. The highest BCUT2D eigenvalue weighted by molar-refractivity contribution is 7.99. The first kappa shape index (κ1) is 8.87. The van der Waals surface area contributed by atoms with Crippen LogP contribution in [-0.2, 0) is 4.79 Å². The summed E-state index contributed by atoms with van der Waals surface area (Å²) >= 11 is 1.83. The molecular formula is C7H14N2OS. The molecule has 0 bridgehead atoms. The minimum atomic E-state index is 0.122. The van der Waals surface area contributed by atoms with Crippen molar-refractivity contribution < 1.29 is 4.79 Å². The van der Waals surface area contributed by atoms with Crippen molar-refractivity contribution in [3.63, 3.8) is 0 Å². The van der Waals surface area contributed by atoms with Crippen molar-refractivity contribution in [1.29, 1.82) is 0 Å². The molecule has 1 heterocycles. The number of nitrogens with one attached hydrogen (secondary N) is 2. The molecule has 1 aliphatic heterocycles. The molecule has 4 heteroatoms. The van der Waals surface area contributed by atoms with E-state index < -0.39 is 0 Å². The van der Waals surface area contributed by atoms with Crippen molar-refractivity contribution in [2.24, 2.45) is 0 Å². The van der Waals surface area contributed by atoms with Crippen LogP contribution in [0.2, 0.25) is 0 Å². The Balaban J connectivity index is 2.19. The van der Waals surface area contributed by atoms with Gasteiger partial charge in [-0.15, -0.1) is 11.8 Å². The van der Waals surface area contributed by atoms with Gasteiger partial charge in [0.2, 0.25) is 5.91 Å². The van der Waals surface area contributed by atoms with Crippen LogP contribution in [0.4, 0.5) is 0 Å². The lowest BCUT2D eigenvalue weighted by Crippen LogP contribution is -2.36. The lowest BCUT2D eigenvalue weighted by atomic mass is 10.3. The van der Waals surface area contributed by atoms with Gasteiger partial charge in [-0.3, -0.25) is 4.79 Å². The molecule has 0 aromatic heterocycles. The second kappa shape index (κ2) is 4.62. The van der Waals surface area contributed by atoms with Crippen molar-refractivity contribution in [1.82, 2.24) is 10.6 Å². The zero-order valence-corrected chi connectivity index (χ0v) is 7.54. The normalized spacial score (nSPS) is 24.6. The SMILES string of the molecule is CNC(=O)CC1NCCCS1. The molecule has 0 radical (unpaired) electrons. The Morgan fingerprint density at radius 1 is 1.82 bits per heavy atom. The summed E-state index contributed by atoms with van der Waals surface area (Å²) in [5.74, 6) is 1.30. The van der Waals surface area contributed by atoms with Crippen LogP contribution in [0, 0.1) is 0 Å². The molecule has 1 rings (SSSR count).